The summed E-state index contributed by atoms with van der Waals surface area (Å²) in [7, 11) is -1.87. The van der Waals surface area contributed by atoms with Gasteiger partial charge in [0.15, 0.2) is 5.82 Å². The molecule has 1 aromatic heterocycles. The number of benzene rings is 2. The van der Waals surface area contributed by atoms with Crippen molar-refractivity contribution in [3.05, 3.63) is 53.2 Å². The van der Waals surface area contributed by atoms with Crippen molar-refractivity contribution in [2.24, 2.45) is 0 Å². The maximum atomic E-state index is 12.5. The van der Waals surface area contributed by atoms with E-state index in [0.29, 0.717) is 40.1 Å². The second-order valence-corrected chi connectivity index (χ2v) is 10.7. The highest BCUT2D eigenvalue weighted by atomic mass is 35.5. The fourth-order valence-corrected chi connectivity index (χ4v) is 5.79. The quantitative estimate of drug-likeness (QED) is 0.424. The second-order valence-electron chi connectivity index (χ2n) is 7.55. The molecule has 12 heteroatoms. The Balaban J connectivity index is 1.59. The first kappa shape index (κ1) is 24.3. The summed E-state index contributed by atoms with van der Waals surface area (Å²) in [6, 6.07) is 10.7. The number of amides is 1. The number of hydrogen-bond donors (Lipinski definition) is 3. The minimum atomic E-state index is -3.62. The maximum Gasteiger partial charge on any atom is 0.240 e. The summed E-state index contributed by atoms with van der Waals surface area (Å²) in [4.78, 5) is 23.5. The maximum absolute atomic E-state index is 12.5. The molecule has 9 nitrogen and oxygen atoms in total. The number of rotatable bonds is 7. The van der Waals surface area contributed by atoms with Crippen LogP contribution in [0.25, 0.3) is 0 Å². The fraction of sp³-hybridized carbons (Fsp3) is 0.227. The summed E-state index contributed by atoms with van der Waals surface area (Å²) < 4.78 is 27.5. The van der Waals surface area contributed by atoms with E-state index < -0.39 is 10.0 Å². The Labute approximate surface area is 207 Å². The molecule has 3 N–H and O–H groups in total. The molecule has 0 radical (unpaired) electrons. The fourth-order valence-electron chi connectivity index (χ4n) is 3.37. The van der Waals surface area contributed by atoms with Gasteiger partial charge in [-0.25, -0.2) is 18.1 Å². The lowest BCUT2D eigenvalue weighted by molar-refractivity contribution is -0.116. The van der Waals surface area contributed by atoms with Crippen LogP contribution < -0.4 is 20.3 Å². The number of fused-ring (bicyclic) bond motifs is 1. The molecule has 0 atom stereocenters. The summed E-state index contributed by atoms with van der Waals surface area (Å²) in [6.07, 6.45) is 1.45. The molecule has 0 spiro atoms. The molecule has 4 rings (SSSR count). The molecule has 0 unspecified atom stereocenters. The van der Waals surface area contributed by atoms with E-state index in [1.165, 1.54) is 24.0 Å². The van der Waals surface area contributed by atoms with Crippen LogP contribution in [0.4, 0.5) is 28.8 Å². The molecule has 0 saturated heterocycles. The van der Waals surface area contributed by atoms with E-state index in [-0.39, 0.29) is 16.8 Å². The monoisotopic (exact) mass is 518 g/mol. The Kier molecular flexibility index (Phi) is 6.99. The van der Waals surface area contributed by atoms with Crippen molar-refractivity contribution in [1.82, 2.24) is 14.7 Å². The third-order valence-corrected chi connectivity index (χ3v) is 8.13. The highest BCUT2D eigenvalue weighted by Crippen LogP contribution is 2.37. The van der Waals surface area contributed by atoms with Crippen LogP contribution in [-0.2, 0) is 14.8 Å². The molecular weight excluding hydrogens is 496 g/mol. The molecule has 0 fully saturated rings. The highest BCUT2D eigenvalue weighted by Gasteiger charge is 2.22. The predicted octanol–water partition coefficient (Wildman–Crippen LogP) is 4.29. The summed E-state index contributed by atoms with van der Waals surface area (Å²) in [5.41, 5.74) is 2.66. The van der Waals surface area contributed by atoms with Crippen LogP contribution in [0.1, 0.15) is 12.5 Å². The Morgan fingerprint density at radius 1 is 1.15 bits per heavy atom. The summed E-state index contributed by atoms with van der Waals surface area (Å²) >= 11 is 7.81. The van der Waals surface area contributed by atoms with Crippen molar-refractivity contribution in [2.75, 3.05) is 34.9 Å². The van der Waals surface area contributed by atoms with Gasteiger partial charge in [-0.15, -0.1) is 11.8 Å². The number of aromatic nitrogens is 2. The SMILES string of the molecule is CCNS(=O)(=O)c1cc(Nc2ncc(Cl)c(Nc3ccc4c(c3)N(C)C(=O)CS4)n2)ccc1C. The molecular formula is C22H23ClN6O3S2. The molecule has 3 aromatic rings. The van der Waals surface area contributed by atoms with Crippen molar-refractivity contribution in [3.63, 3.8) is 0 Å². The zero-order valence-corrected chi connectivity index (χ0v) is 21.1. The van der Waals surface area contributed by atoms with E-state index in [0.717, 1.165) is 10.6 Å². The van der Waals surface area contributed by atoms with Gasteiger partial charge in [-0.2, -0.15) is 4.98 Å². The van der Waals surface area contributed by atoms with Crippen molar-refractivity contribution in [3.8, 4) is 0 Å². The number of hydrogen-bond acceptors (Lipinski definition) is 8. The molecule has 0 saturated carbocycles. The summed E-state index contributed by atoms with van der Waals surface area (Å²) in [6.45, 7) is 3.75. The van der Waals surface area contributed by atoms with Crippen molar-refractivity contribution in [2.45, 2.75) is 23.6 Å². The molecule has 2 heterocycles. The molecule has 0 aliphatic carbocycles. The van der Waals surface area contributed by atoms with Gasteiger partial charge in [0.1, 0.15) is 5.02 Å². The van der Waals surface area contributed by atoms with Crippen molar-refractivity contribution < 1.29 is 13.2 Å². The smallest absolute Gasteiger partial charge is 0.240 e. The van der Waals surface area contributed by atoms with Gasteiger partial charge in [0.05, 0.1) is 22.5 Å². The lowest BCUT2D eigenvalue weighted by atomic mass is 10.2. The van der Waals surface area contributed by atoms with Crippen LogP contribution in [0.5, 0.6) is 0 Å². The molecule has 2 aromatic carbocycles. The van der Waals surface area contributed by atoms with Crippen LogP contribution in [0.3, 0.4) is 0 Å². The Morgan fingerprint density at radius 3 is 2.65 bits per heavy atom. The first-order valence-corrected chi connectivity index (χ1v) is 13.2. The van der Waals surface area contributed by atoms with Crippen LogP contribution in [0.2, 0.25) is 5.02 Å². The van der Waals surface area contributed by atoms with E-state index in [1.807, 2.05) is 18.2 Å². The van der Waals surface area contributed by atoms with E-state index in [2.05, 4.69) is 25.3 Å². The molecule has 1 aliphatic rings. The molecule has 1 aliphatic heterocycles. The van der Waals surface area contributed by atoms with Gasteiger partial charge in [0.25, 0.3) is 0 Å². The normalized spacial score (nSPS) is 13.5. The Hall–Kier alpha value is -2.86. The largest absolute Gasteiger partial charge is 0.339 e. The van der Waals surface area contributed by atoms with E-state index in [9.17, 15) is 13.2 Å². The number of thioether (sulfide) groups is 1. The second kappa shape index (κ2) is 9.79. The standard InChI is InChI=1S/C22H23ClN6O3S2/c1-4-25-34(31,32)19-10-15(6-5-13(19)2)27-22-24-11-16(23)21(28-22)26-14-7-8-18-17(9-14)29(3)20(30)12-33-18/h5-11,25H,4,12H2,1-3H3,(H2,24,26,27,28). The third kappa shape index (κ3) is 5.12. The van der Waals surface area contributed by atoms with Gasteiger partial charge in [-0.1, -0.05) is 24.6 Å². The molecule has 34 heavy (non-hydrogen) atoms. The topological polar surface area (TPSA) is 116 Å². The van der Waals surface area contributed by atoms with Crippen molar-refractivity contribution >= 4 is 68.1 Å². The van der Waals surface area contributed by atoms with Gasteiger partial charge in [0.2, 0.25) is 21.9 Å². The highest BCUT2D eigenvalue weighted by molar-refractivity contribution is 8.00. The summed E-state index contributed by atoms with van der Waals surface area (Å²) in [5.74, 6) is 1.06. The minimum Gasteiger partial charge on any atom is -0.339 e. The van der Waals surface area contributed by atoms with Crippen molar-refractivity contribution in [1.29, 1.82) is 0 Å². The molecule has 178 valence electrons. The average molecular weight is 519 g/mol. The number of nitrogens with zero attached hydrogens (tertiary/aromatic N) is 3. The number of carbonyl (C=O) groups is 1. The third-order valence-electron chi connectivity index (χ3n) is 5.12. The van der Waals surface area contributed by atoms with E-state index >= 15 is 0 Å². The molecule has 1 amide bonds. The number of carbonyl (C=O) groups excluding carboxylic acids is 1. The lowest BCUT2D eigenvalue weighted by Crippen LogP contribution is -2.31. The zero-order chi connectivity index (χ0) is 24.5. The first-order valence-electron chi connectivity index (χ1n) is 10.4. The van der Waals surface area contributed by atoms with Gasteiger partial charge in [0, 0.05) is 29.9 Å². The van der Waals surface area contributed by atoms with E-state index in [1.54, 1.807) is 37.9 Å². The number of nitrogens with one attached hydrogen (secondary N) is 3. The van der Waals surface area contributed by atoms with Gasteiger partial charge in [-0.3, -0.25) is 4.79 Å². The Morgan fingerprint density at radius 2 is 1.88 bits per heavy atom. The van der Waals surface area contributed by atoms with E-state index in [4.69, 9.17) is 11.6 Å². The molecule has 0 bridgehead atoms. The number of sulfonamides is 1. The zero-order valence-electron chi connectivity index (χ0n) is 18.7. The number of halogens is 1. The number of anilines is 5. The predicted molar refractivity (Wildman–Crippen MR) is 136 cm³/mol. The van der Waals surface area contributed by atoms with Crippen LogP contribution in [0.15, 0.2) is 52.4 Å². The number of aryl methyl sites for hydroxylation is 1. The average Bonchev–Trinajstić information content (AvgIpc) is 2.80. The van der Waals surface area contributed by atoms with Crippen LogP contribution in [-0.4, -0.2) is 43.6 Å². The van der Waals surface area contributed by atoms with Gasteiger partial charge < -0.3 is 15.5 Å². The first-order chi connectivity index (χ1) is 16.2. The van der Waals surface area contributed by atoms with Gasteiger partial charge >= 0.3 is 0 Å². The van der Waals surface area contributed by atoms with Crippen LogP contribution in [0, 0.1) is 6.92 Å². The van der Waals surface area contributed by atoms with Gasteiger partial charge in [-0.05, 0) is 42.8 Å². The Bertz CT molecular complexity index is 1370. The lowest BCUT2D eigenvalue weighted by Gasteiger charge is -2.25. The summed E-state index contributed by atoms with van der Waals surface area (Å²) in [5, 5.41) is 6.51. The van der Waals surface area contributed by atoms with Crippen LogP contribution >= 0.6 is 23.4 Å². The minimum absolute atomic E-state index is 0.0369.